The molecule has 166 valence electrons. The first-order valence-electron chi connectivity index (χ1n) is 10.2. The van der Waals surface area contributed by atoms with Gasteiger partial charge < -0.3 is 9.88 Å². The van der Waals surface area contributed by atoms with E-state index < -0.39 is 0 Å². The molecule has 0 radical (unpaired) electrons. The fraction of sp³-hybridized carbons (Fsp3) is 0.304. The number of carbonyl (C=O) groups is 1. The predicted octanol–water partition coefficient (Wildman–Crippen LogP) is 4.66. The van der Waals surface area contributed by atoms with Gasteiger partial charge in [-0.1, -0.05) is 12.1 Å². The van der Waals surface area contributed by atoms with Crippen LogP contribution in [0.1, 0.15) is 37.1 Å². The van der Waals surface area contributed by atoms with E-state index in [-0.39, 0.29) is 11.5 Å². The van der Waals surface area contributed by atoms with Crippen LogP contribution in [0.2, 0.25) is 0 Å². The van der Waals surface area contributed by atoms with Gasteiger partial charge in [-0.25, -0.2) is 9.97 Å². The molecular weight excluding hydrogens is 442 g/mol. The first kappa shape index (κ1) is 22.3. The molecule has 0 aliphatic rings. The maximum absolute atomic E-state index is 13.1. The summed E-state index contributed by atoms with van der Waals surface area (Å²) < 4.78 is 0. The van der Waals surface area contributed by atoms with Gasteiger partial charge in [0.2, 0.25) is 0 Å². The smallest absolute Gasteiger partial charge is 0.267 e. The summed E-state index contributed by atoms with van der Waals surface area (Å²) in [5, 5.41) is 3.92. The van der Waals surface area contributed by atoms with Crippen molar-refractivity contribution < 1.29 is 4.79 Å². The number of thiophene rings is 1. The molecule has 4 aromatic rings. The third-order valence-electron chi connectivity index (χ3n) is 5.32. The number of carbonyl (C=O) groups excluding carboxylic acids is 1. The van der Waals surface area contributed by atoms with Crippen LogP contribution in [0.5, 0.6) is 0 Å². The van der Waals surface area contributed by atoms with Crippen molar-refractivity contribution in [3.8, 4) is 11.3 Å². The number of aryl methyl sites for hydroxylation is 4. The minimum Gasteiger partial charge on any atom is -0.309 e. The number of fused-ring (bicyclic) bond motifs is 1. The Morgan fingerprint density at radius 3 is 2.53 bits per heavy atom. The van der Waals surface area contributed by atoms with E-state index in [0.29, 0.717) is 38.2 Å². The molecule has 7 nitrogen and oxygen atoms in total. The molecule has 0 atom stereocenters. The zero-order valence-corrected chi connectivity index (χ0v) is 20.5. The second-order valence-electron chi connectivity index (χ2n) is 8.16. The van der Waals surface area contributed by atoms with Crippen molar-refractivity contribution in [3.05, 3.63) is 60.8 Å². The van der Waals surface area contributed by atoms with Gasteiger partial charge in [-0.05, 0) is 64.5 Å². The standard InChI is InChI=1S/C23H25N5O2S2/c1-11-7-8-15(9-12(11)2)18-14(4)31-23(26-18)27-21(30)19-13(3)17-20(29)24-16(10-28(5)6)25-22(17)32-19/h7-9H,10H2,1-6H3,(H,24,25,29)(H,26,27,30). The van der Waals surface area contributed by atoms with Crippen molar-refractivity contribution >= 4 is 43.9 Å². The summed E-state index contributed by atoms with van der Waals surface area (Å²) in [7, 11) is 3.82. The van der Waals surface area contributed by atoms with E-state index in [1.807, 2.05) is 25.9 Å². The Morgan fingerprint density at radius 1 is 1.09 bits per heavy atom. The van der Waals surface area contributed by atoms with E-state index in [1.165, 1.54) is 33.8 Å². The summed E-state index contributed by atoms with van der Waals surface area (Å²) in [6.07, 6.45) is 0. The van der Waals surface area contributed by atoms with Crippen LogP contribution in [0, 0.1) is 27.7 Å². The minimum absolute atomic E-state index is 0.221. The summed E-state index contributed by atoms with van der Waals surface area (Å²) >= 11 is 2.67. The van der Waals surface area contributed by atoms with E-state index in [1.54, 1.807) is 6.92 Å². The van der Waals surface area contributed by atoms with Gasteiger partial charge in [-0.2, -0.15) is 0 Å². The van der Waals surface area contributed by atoms with Crippen LogP contribution in [0.25, 0.3) is 21.5 Å². The highest BCUT2D eigenvalue weighted by Crippen LogP contribution is 2.33. The van der Waals surface area contributed by atoms with Crippen LogP contribution in [0.4, 0.5) is 5.13 Å². The second kappa shape index (κ2) is 8.57. The first-order chi connectivity index (χ1) is 15.1. The molecule has 3 aromatic heterocycles. The summed E-state index contributed by atoms with van der Waals surface area (Å²) in [4.78, 5) is 41.7. The van der Waals surface area contributed by atoms with Crippen molar-refractivity contribution in [3.63, 3.8) is 0 Å². The Morgan fingerprint density at radius 2 is 1.84 bits per heavy atom. The number of thiazole rings is 1. The van der Waals surface area contributed by atoms with E-state index in [0.717, 1.165) is 16.1 Å². The lowest BCUT2D eigenvalue weighted by Crippen LogP contribution is -2.18. The van der Waals surface area contributed by atoms with Crippen LogP contribution in [0.3, 0.4) is 0 Å². The molecule has 0 aliphatic heterocycles. The normalized spacial score (nSPS) is 11.5. The number of aromatic nitrogens is 3. The van der Waals surface area contributed by atoms with Crippen LogP contribution < -0.4 is 10.9 Å². The molecule has 3 heterocycles. The number of anilines is 1. The number of nitrogens with one attached hydrogen (secondary N) is 2. The lowest BCUT2D eigenvalue weighted by Gasteiger charge is -2.07. The molecule has 4 rings (SSSR count). The monoisotopic (exact) mass is 467 g/mol. The van der Waals surface area contributed by atoms with Crippen molar-refractivity contribution in [2.24, 2.45) is 0 Å². The van der Waals surface area contributed by atoms with Gasteiger partial charge >= 0.3 is 0 Å². The third-order valence-corrected chi connectivity index (χ3v) is 7.39. The number of hydrogen-bond donors (Lipinski definition) is 2. The van der Waals surface area contributed by atoms with Crippen molar-refractivity contribution in [1.82, 2.24) is 19.9 Å². The maximum Gasteiger partial charge on any atom is 0.267 e. The Hall–Kier alpha value is -2.88. The van der Waals surface area contributed by atoms with Crippen molar-refractivity contribution in [2.45, 2.75) is 34.2 Å². The Labute approximate surface area is 194 Å². The molecule has 9 heteroatoms. The zero-order chi connectivity index (χ0) is 23.2. The topological polar surface area (TPSA) is 91.0 Å². The van der Waals surface area contributed by atoms with E-state index in [9.17, 15) is 9.59 Å². The Kier molecular flexibility index (Phi) is 5.98. The number of H-pyrrole nitrogens is 1. The molecule has 0 saturated carbocycles. The molecule has 0 bridgehead atoms. The zero-order valence-electron chi connectivity index (χ0n) is 18.9. The van der Waals surface area contributed by atoms with Gasteiger partial charge in [0.1, 0.15) is 10.7 Å². The van der Waals surface area contributed by atoms with Gasteiger partial charge in [0.25, 0.3) is 11.5 Å². The highest BCUT2D eigenvalue weighted by atomic mass is 32.1. The fourth-order valence-corrected chi connectivity index (χ4v) is 5.47. The van der Waals surface area contributed by atoms with E-state index in [2.05, 4.69) is 52.3 Å². The summed E-state index contributed by atoms with van der Waals surface area (Å²) in [5.74, 6) is 0.300. The highest BCUT2D eigenvalue weighted by molar-refractivity contribution is 7.21. The predicted molar refractivity (Wildman–Crippen MR) is 132 cm³/mol. The third kappa shape index (κ3) is 4.23. The van der Waals surface area contributed by atoms with E-state index >= 15 is 0 Å². The summed E-state index contributed by atoms with van der Waals surface area (Å²) in [5.41, 5.74) is 4.75. The SMILES string of the molecule is Cc1ccc(-c2nc(NC(=O)c3sc4nc(CN(C)C)[nH]c(=O)c4c3C)sc2C)cc1C. The summed E-state index contributed by atoms with van der Waals surface area (Å²) in [6.45, 7) is 8.45. The second-order valence-corrected chi connectivity index (χ2v) is 10.4. The molecular formula is C23H25N5O2S2. The Balaban J connectivity index is 1.64. The van der Waals surface area contributed by atoms with Gasteiger partial charge in [0.15, 0.2) is 5.13 Å². The molecule has 0 spiro atoms. The van der Waals surface area contributed by atoms with Crippen LogP contribution in [0.15, 0.2) is 23.0 Å². The van der Waals surface area contributed by atoms with Crippen LogP contribution >= 0.6 is 22.7 Å². The molecule has 1 aromatic carbocycles. The minimum atomic E-state index is -0.278. The van der Waals surface area contributed by atoms with Crippen LogP contribution in [-0.4, -0.2) is 39.9 Å². The Bertz CT molecular complexity index is 1400. The van der Waals surface area contributed by atoms with Crippen molar-refractivity contribution in [1.29, 1.82) is 0 Å². The largest absolute Gasteiger partial charge is 0.309 e. The molecule has 0 saturated heterocycles. The fourth-order valence-electron chi connectivity index (χ4n) is 3.54. The number of amides is 1. The van der Waals surface area contributed by atoms with Gasteiger partial charge in [0, 0.05) is 10.4 Å². The first-order valence-corrected chi connectivity index (χ1v) is 11.8. The number of hydrogen-bond acceptors (Lipinski definition) is 7. The average Bonchev–Trinajstić information content (AvgIpc) is 3.23. The molecule has 32 heavy (non-hydrogen) atoms. The van der Waals surface area contributed by atoms with E-state index in [4.69, 9.17) is 0 Å². The van der Waals surface area contributed by atoms with Crippen LogP contribution in [-0.2, 0) is 6.54 Å². The number of benzene rings is 1. The number of nitrogens with zero attached hydrogens (tertiary/aromatic N) is 3. The number of aromatic amines is 1. The lowest BCUT2D eigenvalue weighted by molar-refractivity contribution is 0.103. The highest BCUT2D eigenvalue weighted by Gasteiger charge is 2.21. The lowest BCUT2D eigenvalue weighted by atomic mass is 10.0. The number of rotatable bonds is 5. The quantitative estimate of drug-likeness (QED) is 0.446. The molecule has 0 aliphatic carbocycles. The molecule has 2 N–H and O–H groups in total. The van der Waals surface area contributed by atoms with Crippen molar-refractivity contribution in [2.75, 3.05) is 19.4 Å². The summed E-state index contributed by atoms with van der Waals surface area (Å²) in [6, 6.07) is 6.25. The van der Waals surface area contributed by atoms with Gasteiger partial charge in [-0.15, -0.1) is 22.7 Å². The molecule has 0 unspecified atom stereocenters. The van der Waals surface area contributed by atoms with Gasteiger partial charge in [0.05, 0.1) is 22.5 Å². The molecule has 0 fully saturated rings. The maximum atomic E-state index is 13.1. The average molecular weight is 468 g/mol. The molecule has 1 amide bonds. The van der Waals surface area contributed by atoms with Gasteiger partial charge in [-0.3, -0.25) is 14.9 Å².